The summed E-state index contributed by atoms with van der Waals surface area (Å²) >= 11 is 10.1. The average molecular weight is 740 g/mol. The molecule has 226 valence electrons. The Labute approximate surface area is 293 Å². The zero-order valence-electron chi connectivity index (χ0n) is 26.2. The molecule has 0 fully saturated rings. The van der Waals surface area contributed by atoms with Crippen LogP contribution in [0.25, 0.3) is 11.1 Å². The number of fused-ring (bicyclic) bond motifs is 3. The summed E-state index contributed by atoms with van der Waals surface area (Å²) in [4.78, 5) is 0. The molecule has 4 aromatic carbocycles. The summed E-state index contributed by atoms with van der Waals surface area (Å²) < 4.78 is 4.69. The predicted molar refractivity (Wildman–Crippen MR) is 180 cm³/mol. The molecule has 0 saturated carbocycles. The Hall–Kier alpha value is -1.73. The van der Waals surface area contributed by atoms with Crippen molar-refractivity contribution in [1.29, 1.82) is 0 Å². The van der Waals surface area contributed by atoms with Crippen LogP contribution >= 0.6 is 23.2 Å². The molecule has 5 heteroatoms. The van der Waals surface area contributed by atoms with E-state index in [0.717, 1.165) is 22.9 Å². The van der Waals surface area contributed by atoms with Crippen LogP contribution in [0.3, 0.4) is 0 Å². The fourth-order valence-corrected chi connectivity index (χ4v) is 14.4. The maximum atomic E-state index is 6.42. The van der Waals surface area contributed by atoms with Crippen molar-refractivity contribution < 1.29 is 46.1 Å². The third kappa shape index (κ3) is 6.99. The maximum absolute atomic E-state index is 6.42. The van der Waals surface area contributed by atoms with Crippen LogP contribution in [-0.2, 0) is 38.5 Å². The normalized spacial score (nSPS) is 13.2. The van der Waals surface area contributed by atoms with E-state index in [0.29, 0.717) is 0 Å². The van der Waals surface area contributed by atoms with E-state index in [-0.39, 0.29) is 35.6 Å². The van der Waals surface area contributed by atoms with Gasteiger partial charge >= 0.3 is 271 Å². The van der Waals surface area contributed by atoms with Crippen LogP contribution in [0.4, 0.5) is 0 Å². The third-order valence-electron chi connectivity index (χ3n) is 8.63. The minimum absolute atomic E-state index is 0. The van der Waals surface area contributed by atoms with Gasteiger partial charge < -0.3 is 24.8 Å². The second-order valence-corrected chi connectivity index (χ2v) is 20.5. The van der Waals surface area contributed by atoms with Gasteiger partial charge in [0, 0.05) is 0 Å². The number of hydrogen-bond donors (Lipinski definition) is 0. The molecule has 0 aliphatic heterocycles. The molecular weight excluding hydrogens is 701 g/mol. The van der Waals surface area contributed by atoms with Gasteiger partial charge in [-0.2, -0.15) is 0 Å². The Morgan fingerprint density at radius 3 is 1.70 bits per heavy atom. The van der Waals surface area contributed by atoms with Crippen molar-refractivity contribution in [3.05, 3.63) is 144 Å². The summed E-state index contributed by atoms with van der Waals surface area (Å²) in [6.07, 6.45) is 9.02. The van der Waals surface area contributed by atoms with Gasteiger partial charge in [-0.05, 0) is 0 Å². The molecule has 0 N–H and O–H groups in total. The quantitative estimate of drug-likeness (QED) is 0.255. The molecule has 44 heavy (non-hydrogen) atoms. The largest absolute Gasteiger partial charge is 1.00 e. The van der Waals surface area contributed by atoms with Gasteiger partial charge in [0.05, 0.1) is 0 Å². The number of benzene rings is 4. The summed E-state index contributed by atoms with van der Waals surface area (Å²) in [7, 11) is 0. The van der Waals surface area contributed by atoms with Crippen LogP contribution in [0.15, 0.2) is 100 Å². The molecule has 0 amide bonds. The first-order valence-corrected chi connectivity index (χ1v) is 19.3. The van der Waals surface area contributed by atoms with E-state index in [2.05, 4.69) is 114 Å². The molecule has 0 aromatic heterocycles. The summed E-state index contributed by atoms with van der Waals surface area (Å²) in [5, 5.41) is 1.53. The van der Waals surface area contributed by atoms with Crippen LogP contribution in [-0.4, -0.2) is 3.21 Å². The molecule has 0 heterocycles. The first kappa shape index (κ1) is 35.1. The second-order valence-electron chi connectivity index (χ2n) is 13.7. The van der Waals surface area contributed by atoms with Gasteiger partial charge in [-0.1, -0.05) is 0 Å². The van der Waals surface area contributed by atoms with Crippen LogP contribution in [0.5, 0.6) is 0 Å². The molecular formula is C39H38Cl4Zr. The van der Waals surface area contributed by atoms with Crippen LogP contribution < -0.4 is 28.1 Å². The summed E-state index contributed by atoms with van der Waals surface area (Å²) in [5.41, 5.74) is 11.3. The number of allylic oxidation sites excluding steroid dienone is 4. The minimum atomic E-state index is -2.78. The van der Waals surface area contributed by atoms with Gasteiger partial charge in [-0.15, -0.1) is 0 Å². The molecule has 2 aliphatic rings. The fourth-order valence-electron chi connectivity index (χ4n) is 6.19. The van der Waals surface area contributed by atoms with Crippen molar-refractivity contribution in [2.45, 2.75) is 65.2 Å². The Morgan fingerprint density at radius 2 is 1.20 bits per heavy atom. The van der Waals surface area contributed by atoms with Crippen molar-refractivity contribution >= 4 is 29.7 Å². The van der Waals surface area contributed by atoms with E-state index in [1.165, 1.54) is 47.7 Å². The molecule has 4 aromatic rings. The second kappa shape index (κ2) is 13.6. The summed E-state index contributed by atoms with van der Waals surface area (Å²) in [6.45, 7) is 14.0. The SMILES string of the molecule is CC(C)(C)c1ccc2c(c1)-c1cc(C(C)(C)C)c[c]([Zr+2]([C]3=CC=CC3)=[C](c3ccc(Cl)cc3)c3ccc(Cl)cc3)c1C2.[Cl-].[Cl-]. The van der Waals surface area contributed by atoms with Crippen molar-refractivity contribution in [3.8, 4) is 11.1 Å². The number of rotatable bonds is 4. The molecule has 0 radical (unpaired) electrons. The zero-order valence-corrected chi connectivity index (χ0v) is 31.6. The predicted octanol–water partition coefficient (Wildman–Crippen LogP) is 4.52. The monoisotopic (exact) mass is 736 g/mol. The van der Waals surface area contributed by atoms with Gasteiger partial charge in [0.15, 0.2) is 0 Å². The van der Waals surface area contributed by atoms with Gasteiger partial charge in [0.1, 0.15) is 0 Å². The minimum Gasteiger partial charge on any atom is -1.00 e. The van der Waals surface area contributed by atoms with Crippen molar-refractivity contribution in [1.82, 2.24) is 0 Å². The van der Waals surface area contributed by atoms with Crippen molar-refractivity contribution in [2.24, 2.45) is 0 Å². The van der Waals surface area contributed by atoms with Gasteiger partial charge in [0.2, 0.25) is 0 Å². The smallest absolute Gasteiger partial charge is 1.00 e. The molecule has 0 atom stereocenters. The average Bonchev–Trinajstić information content (AvgIpc) is 3.60. The van der Waals surface area contributed by atoms with E-state index in [1.807, 2.05) is 24.3 Å². The number of hydrogen-bond acceptors (Lipinski definition) is 0. The first-order valence-electron chi connectivity index (χ1n) is 14.8. The van der Waals surface area contributed by atoms with Crippen LogP contribution in [0.1, 0.15) is 81.3 Å². The van der Waals surface area contributed by atoms with Crippen molar-refractivity contribution in [3.63, 3.8) is 0 Å². The van der Waals surface area contributed by atoms with Gasteiger partial charge in [-0.3, -0.25) is 0 Å². The van der Waals surface area contributed by atoms with E-state index < -0.39 is 21.3 Å². The Morgan fingerprint density at radius 1 is 0.659 bits per heavy atom. The van der Waals surface area contributed by atoms with E-state index in [1.54, 1.807) is 6.55 Å². The van der Waals surface area contributed by atoms with E-state index >= 15 is 0 Å². The van der Waals surface area contributed by atoms with Gasteiger partial charge in [0.25, 0.3) is 0 Å². The van der Waals surface area contributed by atoms with Gasteiger partial charge in [-0.25, -0.2) is 0 Å². The Kier molecular flexibility index (Phi) is 10.8. The molecule has 0 saturated heterocycles. The van der Waals surface area contributed by atoms with E-state index in [9.17, 15) is 0 Å². The molecule has 2 aliphatic carbocycles. The van der Waals surface area contributed by atoms with E-state index in [4.69, 9.17) is 23.2 Å². The van der Waals surface area contributed by atoms with Crippen LogP contribution in [0.2, 0.25) is 10.0 Å². The van der Waals surface area contributed by atoms with Crippen molar-refractivity contribution in [2.75, 3.05) is 0 Å². The molecule has 0 bridgehead atoms. The molecule has 6 rings (SSSR count). The van der Waals surface area contributed by atoms with Crippen LogP contribution in [0, 0.1) is 0 Å². The molecule has 0 nitrogen and oxygen atoms in total. The molecule has 0 unspecified atom stereocenters. The number of halogens is 4. The Balaban J connectivity index is 0.00000221. The summed E-state index contributed by atoms with van der Waals surface area (Å²) in [5.74, 6) is 0. The Bertz CT molecular complexity index is 1730. The maximum Gasteiger partial charge on any atom is -1.00 e. The fraction of sp³-hybridized carbons (Fsp3) is 0.256. The summed E-state index contributed by atoms with van der Waals surface area (Å²) in [6, 6.07) is 29.3. The topological polar surface area (TPSA) is 0 Å². The third-order valence-corrected chi connectivity index (χ3v) is 16.7. The molecule has 0 spiro atoms. The standard InChI is InChI=1S/C21H25.C13H8Cl2.C5H5.2ClH.Zr/c1-20(2,3)16-9-7-14-11-15-8-10-17(21(4,5)6)13-19(15)18(14)12-16;14-12-5-1-10(2-6-12)9-11-3-7-13(15)8-4-11;1-2-4-5-3-1;;;/h7,9-10,12-13H,11H2,1-6H3;1-8H;1-3H,4H2;2*1H;/q;;;;;+2/p-2. The zero-order chi connectivity index (χ0) is 29.8. The first-order chi connectivity index (χ1) is 19.9.